The average molecular weight is 480 g/mol. The van der Waals surface area contributed by atoms with E-state index >= 15 is 0 Å². The first-order chi connectivity index (χ1) is 15.9. The second-order valence-electron chi connectivity index (χ2n) is 7.58. The summed E-state index contributed by atoms with van der Waals surface area (Å²) < 4.78 is 7.45. The molecular formula is C24H25N5O2S2. The highest BCUT2D eigenvalue weighted by Gasteiger charge is 2.21. The van der Waals surface area contributed by atoms with Crippen LogP contribution in [0.1, 0.15) is 29.5 Å². The Balaban J connectivity index is 1.56. The maximum atomic E-state index is 12.5. The molecule has 0 unspecified atom stereocenters. The summed E-state index contributed by atoms with van der Waals surface area (Å²) in [6, 6.07) is 7.85. The van der Waals surface area contributed by atoms with Gasteiger partial charge in [-0.3, -0.25) is 14.3 Å². The standard InChI is InChI=1S/C24H25N5O2S2/c1-6-11-28-22(20-10-12-31-17(20)4)26-27-24(28)33-14-19-13-32-23(25-19)29(18(5)30)21-9-7-8-15(2)16(21)3/h6-10,12-13H,1,11,14H2,2-5H3. The average Bonchev–Trinajstić information content (AvgIpc) is 3.50. The zero-order valence-corrected chi connectivity index (χ0v) is 20.7. The maximum absolute atomic E-state index is 12.5. The van der Waals surface area contributed by atoms with Crippen LogP contribution in [-0.4, -0.2) is 25.7 Å². The fourth-order valence-corrected chi connectivity index (χ4v) is 5.32. The number of amides is 1. The number of allylic oxidation sites excluding steroid dienone is 1. The molecule has 1 amide bonds. The number of aromatic nitrogens is 4. The van der Waals surface area contributed by atoms with Gasteiger partial charge in [-0.25, -0.2) is 4.98 Å². The molecule has 0 saturated carbocycles. The summed E-state index contributed by atoms with van der Waals surface area (Å²) in [5.74, 6) is 2.09. The quantitative estimate of drug-likeness (QED) is 0.225. The predicted molar refractivity (Wildman–Crippen MR) is 133 cm³/mol. The van der Waals surface area contributed by atoms with Crippen molar-refractivity contribution < 1.29 is 9.21 Å². The Kier molecular flexibility index (Phi) is 6.80. The molecule has 170 valence electrons. The van der Waals surface area contributed by atoms with Gasteiger partial charge in [0.1, 0.15) is 5.76 Å². The summed E-state index contributed by atoms with van der Waals surface area (Å²) in [6.45, 7) is 12.0. The number of rotatable bonds is 8. The second-order valence-corrected chi connectivity index (χ2v) is 9.36. The molecule has 0 radical (unpaired) electrons. The number of hydrogen-bond acceptors (Lipinski definition) is 7. The van der Waals surface area contributed by atoms with Crippen molar-refractivity contribution in [2.24, 2.45) is 0 Å². The van der Waals surface area contributed by atoms with Gasteiger partial charge in [-0.15, -0.1) is 28.1 Å². The predicted octanol–water partition coefficient (Wildman–Crippen LogP) is 6.08. The summed E-state index contributed by atoms with van der Waals surface area (Å²) in [5.41, 5.74) is 4.86. The van der Waals surface area contributed by atoms with Crippen molar-refractivity contribution in [2.75, 3.05) is 4.90 Å². The number of anilines is 2. The summed E-state index contributed by atoms with van der Waals surface area (Å²) in [5, 5.41) is 12.2. The third-order valence-corrected chi connectivity index (χ3v) is 7.22. The Morgan fingerprint density at radius 3 is 2.79 bits per heavy atom. The molecule has 7 nitrogen and oxygen atoms in total. The highest BCUT2D eigenvalue weighted by atomic mass is 32.2. The number of furan rings is 1. The van der Waals surface area contributed by atoms with E-state index in [4.69, 9.17) is 9.40 Å². The smallest absolute Gasteiger partial charge is 0.230 e. The molecule has 33 heavy (non-hydrogen) atoms. The van der Waals surface area contributed by atoms with E-state index in [0.717, 1.165) is 44.8 Å². The molecule has 0 N–H and O–H groups in total. The summed E-state index contributed by atoms with van der Waals surface area (Å²) >= 11 is 3.01. The molecule has 0 aliphatic heterocycles. The molecule has 4 aromatic rings. The van der Waals surface area contributed by atoms with Crippen LogP contribution in [0.3, 0.4) is 0 Å². The Morgan fingerprint density at radius 1 is 1.27 bits per heavy atom. The van der Waals surface area contributed by atoms with Crippen molar-refractivity contribution in [3.05, 3.63) is 71.1 Å². The van der Waals surface area contributed by atoms with Gasteiger partial charge < -0.3 is 4.42 Å². The number of aryl methyl sites for hydroxylation is 2. The van der Waals surface area contributed by atoms with Gasteiger partial charge in [0.05, 0.1) is 23.2 Å². The normalized spacial score (nSPS) is 11.0. The van der Waals surface area contributed by atoms with E-state index < -0.39 is 0 Å². The van der Waals surface area contributed by atoms with Gasteiger partial charge in [-0.05, 0) is 44.0 Å². The SMILES string of the molecule is C=CCn1c(SCc2csc(N(C(C)=O)c3cccc(C)c3C)n2)nnc1-c1ccoc1C. The molecule has 0 fully saturated rings. The van der Waals surface area contributed by atoms with E-state index in [2.05, 4.69) is 16.8 Å². The number of carbonyl (C=O) groups excluding carboxylic acids is 1. The van der Waals surface area contributed by atoms with Crippen molar-refractivity contribution in [3.63, 3.8) is 0 Å². The lowest BCUT2D eigenvalue weighted by Crippen LogP contribution is -2.23. The van der Waals surface area contributed by atoms with Crippen LogP contribution in [0.4, 0.5) is 10.8 Å². The molecule has 0 aliphatic carbocycles. The lowest BCUT2D eigenvalue weighted by Gasteiger charge is -2.21. The highest BCUT2D eigenvalue weighted by Crippen LogP contribution is 2.34. The van der Waals surface area contributed by atoms with E-state index in [1.165, 1.54) is 11.3 Å². The maximum Gasteiger partial charge on any atom is 0.230 e. The van der Waals surface area contributed by atoms with Crippen LogP contribution in [0.15, 0.2) is 58.1 Å². The van der Waals surface area contributed by atoms with Crippen molar-refractivity contribution in [3.8, 4) is 11.4 Å². The molecule has 4 rings (SSSR count). The molecule has 0 spiro atoms. The van der Waals surface area contributed by atoms with Gasteiger partial charge in [-0.1, -0.05) is 30.0 Å². The Hall–Kier alpha value is -3.17. The lowest BCUT2D eigenvalue weighted by atomic mass is 10.1. The molecule has 3 aromatic heterocycles. The molecule has 0 saturated heterocycles. The van der Waals surface area contributed by atoms with Gasteiger partial charge in [-0.2, -0.15) is 0 Å². The second kappa shape index (κ2) is 9.76. The van der Waals surface area contributed by atoms with Gasteiger partial charge in [0.15, 0.2) is 16.1 Å². The fourth-order valence-electron chi connectivity index (χ4n) is 3.49. The van der Waals surface area contributed by atoms with Crippen LogP contribution in [0, 0.1) is 20.8 Å². The fraction of sp³-hybridized carbons (Fsp3) is 0.250. The van der Waals surface area contributed by atoms with Crippen LogP contribution in [-0.2, 0) is 17.1 Å². The molecule has 0 atom stereocenters. The van der Waals surface area contributed by atoms with Gasteiger partial charge in [0, 0.05) is 24.6 Å². The minimum atomic E-state index is -0.0666. The lowest BCUT2D eigenvalue weighted by molar-refractivity contribution is -0.115. The van der Waals surface area contributed by atoms with E-state index in [-0.39, 0.29) is 5.91 Å². The Morgan fingerprint density at radius 2 is 2.09 bits per heavy atom. The number of thioether (sulfide) groups is 1. The Bertz CT molecular complexity index is 1300. The van der Waals surface area contributed by atoms with Crippen molar-refractivity contribution in [1.82, 2.24) is 19.7 Å². The van der Waals surface area contributed by atoms with E-state index in [0.29, 0.717) is 17.4 Å². The van der Waals surface area contributed by atoms with E-state index in [1.807, 2.05) is 61.1 Å². The van der Waals surface area contributed by atoms with Gasteiger partial charge in [0.2, 0.25) is 5.91 Å². The van der Waals surface area contributed by atoms with E-state index in [9.17, 15) is 4.79 Å². The number of benzene rings is 1. The zero-order valence-electron chi connectivity index (χ0n) is 19.0. The summed E-state index contributed by atoms with van der Waals surface area (Å²) in [4.78, 5) is 18.9. The number of hydrogen-bond donors (Lipinski definition) is 0. The van der Waals surface area contributed by atoms with Crippen molar-refractivity contribution in [1.29, 1.82) is 0 Å². The Labute approximate surface area is 201 Å². The first-order valence-corrected chi connectivity index (χ1v) is 12.3. The third kappa shape index (κ3) is 4.65. The number of thiazole rings is 1. The topological polar surface area (TPSA) is 77.1 Å². The molecule has 9 heteroatoms. The molecule has 0 aliphatic rings. The first-order valence-electron chi connectivity index (χ1n) is 10.4. The third-order valence-electron chi connectivity index (χ3n) is 5.34. The van der Waals surface area contributed by atoms with Crippen LogP contribution in [0.25, 0.3) is 11.4 Å². The van der Waals surface area contributed by atoms with E-state index in [1.54, 1.807) is 29.8 Å². The monoisotopic (exact) mass is 479 g/mol. The molecular weight excluding hydrogens is 454 g/mol. The first kappa shape index (κ1) is 23.0. The van der Waals surface area contributed by atoms with Crippen molar-refractivity contribution >= 4 is 39.8 Å². The largest absolute Gasteiger partial charge is 0.469 e. The molecule has 0 bridgehead atoms. The number of nitrogens with zero attached hydrogens (tertiary/aromatic N) is 5. The zero-order chi connectivity index (χ0) is 23.5. The summed E-state index contributed by atoms with van der Waals surface area (Å²) in [7, 11) is 0. The van der Waals surface area contributed by atoms with Crippen LogP contribution in [0.2, 0.25) is 0 Å². The van der Waals surface area contributed by atoms with Crippen LogP contribution in [0.5, 0.6) is 0 Å². The highest BCUT2D eigenvalue weighted by molar-refractivity contribution is 7.98. The van der Waals surface area contributed by atoms with Gasteiger partial charge >= 0.3 is 0 Å². The minimum absolute atomic E-state index is 0.0666. The molecule has 3 heterocycles. The molecule has 1 aromatic carbocycles. The van der Waals surface area contributed by atoms with Gasteiger partial charge in [0.25, 0.3) is 0 Å². The summed E-state index contributed by atoms with van der Waals surface area (Å²) in [6.07, 6.45) is 3.47. The van der Waals surface area contributed by atoms with Crippen molar-refractivity contribution in [2.45, 2.75) is 45.1 Å². The van der Waals surface area contributed by atoms with Crippen LogP contribution < -0.4 is 4.90 Å². The number of carbonyl (C=O) groups is 1. The van der Waals surface area contributed by atoms with Crippen LogP contribution >= 0.6 is 23.1 Å². The minimum Gasteiger partial charge on any atom is -0.469 e.